The third kappa shape index (κ3) is 3.22. The van der Waals surface area contributed by atoms with Crippen LogP contribution in [0, 0.1) is 0 Å². The smallest absolute Gasteiger partial charge is 0.282 e. The number of pyridine rings is 1. The molecule has 1 amide bonds. The van der Waals surface area contributed by atoms with Crippen molar-refractivity contribution in [2.75, 3.05) is 0 Å². The number of benzene rings is 2. The number of carbonyl (C=O) groups excluding carboxylic acids is 1. The van der Waals surface area contributed by atoms with Crippen LogP contribution in [0.25, 0.3) is 16.5 Å². The number of aromatic nitrogens is 1. The van der Waals surface area contributed by atoms with Crippen LogP contribution in [-0.4, -0.2) is 16.4 Å². The highest BCUT2D eigenvalue weighted by atomic mass is 35.5. The second-order valence-corrected chi connectivity index (χ2v) is 6.04. The summed E-state index contributed by atoms with van der Waals surface area (Å²) < 4.78 is 1.27. The van der Waals surface area contributed by atoms with Gasteiger partial charge in [-0.2, -0.15) is 4.99 Å². The van der Waals surface area contributed by atoms with Gasteiger partial charge in [-0.15, -0.1) is 0 Å². The average Bonchev–Trinajstić information content (AvgIpc) is 2.55. The maximum atomic E-state index is 12.8. The van der Waals surface area contributed by atoms with Crippen molar-refractivity contribution >= 4 is 45.8 Å². The van der Waals surface area contributed by atoms with E-state index in [4.69, 9.17) is 34.7 Å². The van der Waals surface area contributed by atoms with Gasteiger partial charge in [0.1, 0.15) is 0 Å². The van der Waals surface area contributed by atoms with Crippen molar-refractivity contribution in [1.29, 1.82) is 0 Å². The molecule has 3 rings (SSSR count). The number of guanidine groups is 1. The maximum absolute atomic E-state index is 12.8. The zero-order valence-electron chi connectivity index (χ0n) is 12.7. The fourth-order valence-corrected chi connectivity index (χ4v) is 2.99. The van der Waals surface area contributed by atoms with Gasteiger partial charge in [-0.25, -0.2) is 0 Å². The Morgan fingerprint density at radius 1 is 1.04 bits per heavy atom. The highest BCUT2D eigenvalue weighted by Crippen LogP contribution is 2.25. The molecule has 1 heterocycles. The Morgan fingerprint density at radius 2 is 1.72 bits per heavy atom. The van der Waals surface area contributed by atoms with Gasteiger partial charge in [-0.05, 0) is 24.3 Å². The first-order valence-corrected chi connectivity index (χ1v) is 7.88. The number of halogens is 2. The fourth-order valence-electron chi connectivity index (χ4n) is 2.49. The molecule has 2 aromatic carbocycles. The topological polar surface area (TPSA) is 103 Å². The molecule has 0 aliphatic carbocycles. The van der Waals surface area contributed by atoms with Crippen LogP contribution in [0.15, 0.2) is 58.4 Å². The van der Waals surface area contributed by atoms with Gasteiger partial charge in [-0.3, -0.25) is 14.2 Å². The fraction of sp³-hybridized carbons (Fsp3) is 0. The summed E-state index contributed by atoms with van der Waals surface area (Å²) in [7, 11) is 0. The summed E-state index contributed by atoms with van der Waals surface area (Å²) in [4.78, 5) is 28.8. The lowest BCUT2D eigenvalue weighted by atomic mass is 10.1. The van der Waals surface area contributed by atoms with E-state index in [2.05, 4.69) is 4.99 Å². The SMILES string of the molecule is NC(N)=NC(=O)c1cn(-c2ccc(Cl)cc2Cl)c(=O)c2ccccc12. The first-order valence-electron chi connectivity index (χ1n) is 7.12. The quantitative estimate of drug-likeness (QED) is 0.531. The van der Waals surface area contributed by atoms with E-state index in [1.54, 1.807) is 36.4 Å². The molecular formula is C17H12Cl2N4O2. The number of hydrogen-bond acceptors (Lipinski definition) is 2. The lowest BCUT2D eigenvalue weighted by Crippen LogP contribution is -2.25. The maximum Gasteiger partial charge on any atom is 0.282 e. The minimum atomic E-state index is -0.657. The van der Waals surface area contributed by atoms with E-state index in [1.807, 2.05) is 0 Å². The molecule has 0 saturated heterocycles. The van der Waals surface area contributed by atoms with Crippen molar-refractivity contribution in [3.63, 3.8) is 0 Å². The summed E-state index contributed by atoms with van der Waals surface area (Å²) in [6, 6.07) is 11.4. The van der Waals surface area contributed by atoms with Crippen LogP contribution in [0.4, 0.5) is 0 Å². The second-order valence-electron chi connectivity index (χ2n) is 5.20. The number of carbonyl (C=O) groups is 1. The van der Waals surface area contributed by atoms with Gasteiger partial charge in [-0.1, -0.05) is 41.4 Å². The highest BCUT2D eigenvalue weighted by molar-refractivity contribution is 6.35. The number of aliphatic imine (C=N–C) groups is 1. The standard InChI is InChI=1S/C17H12Cl2N4O2/c18-9-5-6-14(13(19)7-9)23-8-12(15(24)22-17(20)21)10-3-1-2-4-11(10)16(23)25/h1-8H,(H4,20,21,22,24). The molecule has 0 fully saturated rings. The molecular weight excluding hydrogens is 363 g/mol. The summed E-state index contributed by atoms with van der Waals surface area (Å²) in [6.45, 7) is 0. The molecule has 6 nitrogen and oxygen atoms in total. The van der Waals surface area contributed by atoms with E-state index < -0.39 is 5.91 Å². The molecule has 4 N–H and O–H groups in total. The Morgan fingerprint density at radius 3 is 2.36 bits per heavy atom. The van der Waals surface area contributed by atoms with Crippen molar-refractivity contribution in [3.8, 4) is 5.69 Å². The predicted octanol–water partition coefficient (Wildman–Crippen LogP) is 2.71. The van der Waals surface area contributed by atoms with Crippen LogP contribution in [0.2, 0.25) is 10.0 Å². The van der Waals surface area contributed by atoms with E-state index in [1.165, 1.54) is 16.8 Å². The first-order chi connectivity index (χ1) is 11.9. The monoisotopic (exact) mass is 374 g/mol. The van der Waals surface area contributed by atoms with Crippen molar-refractivity contribution in [2.24, 2.45) is 16.5 Å². The Labute approximate surface area is 152 Å². The van der Waals surface area contributed by atoms with Gasteiger partial charge in [0.2, 0.25) is 0 Å². The lowest BCUT2D eigenvalue weighted by Gasteiger charge is -2.12. The molecule has 1 aromatic heterocycles. The zero-order valence-corrected chi connectivity index (χ0v) is 14.3. The van der Waals surface area contributed by atoms with Crippen LogP contribution in [-0.2, 0) is 0 Å². The number of nitrogens with two attached hydrogens (primary N) is 2. The van der Waals surface area contributed by atoms with Crippen LogP contribution >= 0.6 is 23.2 Å². The third-order valence-corrected chi connectivity index (χ3v) is 4.09. The Bertz CT molecular complexity index is 1090. The van der Waals surface area contributed by atoms with Gasteiger partial charge in [0.05, 0.1) is 16.3 Å². The number of fused-ring (bicyclic) bond motifs is 1. The summed E-state index contributed by atoms with van der Waals surface area (Å²) in [5.41, 5.74) is 10.8. The third-order valence-electron chi connectivity index (χ3n) is 3.55. The number of hydrogen-bond donors (Lipinski definition) is 2. The van der Waals surface area contributed by atoms with Crippen molar-refractivity contribution in [3.05, 3.63) is 74.6 Å². The average molecular weight is 375 g/mol. The Hall–Kier alpha value is -2.83. The van der Waals surface area contributed by atoms with Crippen molar-refractivity contribution in [2.45, 2.75) is 0 Å². The summed E-state index contributed by atoms with van der Waals surface area (Å²) in [5.74, 6) is -1.02. The summed E-state index contributed by atoms with van der Waals surface area (Å²) in [6.07, 6.45) is 1.37. The molecule has 0 aliphatic heterocycles. The summed E-state index contributed by atoms with van der Waals surface area (Å²) in [5, 5.41) is 1.48. The van der Waals surface area contributed by atoms with Gasteiger partial charge in [0.15, 0.2) is 5.96 Å². The summed E-state index contributed by atoms with van der Waals surface area (Å²) >= 11 is 12.1. The van der Waals surface area contributed by atoms with Crippen LogP contribution < -0.4 is 17.0 Å². The lowest BCUT2D eigenvalue weighted by molar-refractivity contribution is 0.100. The zero-order chi connectivity index (χ0) is 18.1. The predicted molar refractivity (Wildman–Crippen MR) is 99.7 cm³/mol. The van der Waals surface area contributed by atoms with E-state index in [9.17, 15) is 9.59 Å². The van der Waals surface area contributed by atoms with E-state index in [-0.39, 0.29) is 22.1 Å². The number of amides is 1. The minimum absolute atomic E-state index is 0.176. The van der Waals surface area contributed by atoms with Gasteiger partial charge < -0.3 is 11.5 Å². The molecule has 25 heavy (non-hydrogen) atoms. The van der Waals surface area contributed by atoms with E-state index in [0.29, 0.717) is 21.5 Å². The van der Waals surface area contributed by atoms with Crippen LogP contribution in [0.5, 0.6) is 0 Å². The number of nitrogens with zero attached hydrogens (tertiary/aromatic N) is 2. The molecule has 0 unspecified atom stereocenters. The first kappa shape index (κ1) is 17.0. The van der Waals surface area contributed by atoms with E-state index in [0.717, 1.165) is 0 Å². The molecule has 126 valence electrons. The highest BCUT2D eigenvalue weighted by Gasteiger charge is 2.16. The van der Waals surface area contributed by atoms with Crippen LogP contribution in [0.1, 0.15) is 10.4 Å². The molecule has 3 aromatic rings. The van der Waals surface area contributed by atoms with Crippen molar-refractivity contribution in [1.82, 2.24) is 4.57 Å². The van der Waals surface area contributed by atoms with Gasteiger partial charge in [0.25, 0.3) is 11.5 Å². The van der Waals surface area contributed by atoms with Crippen LogP contribution in [0.3, 0.4) is 0 Å². The van der Waals surface area contributed by atoms with E-state index >= 15 is 0 Å². The Kier molecular flexibility index (Phi) is 4.48. The number of rotatable bonds is 2. The molecule has 0 saturated carbocycles. The van der Waals surface area contributed by atoms with Crippen molar-refractivity contribution < 1.29 is 4.79 Å². The minimum Gasteiger partial charge on any atom is -0.370 e. The largest absolute Gasteiger partial charge is 0.370 e. The molecule has 0 atom stereocenters. The van der Waals surface area contributed by atoms with Gasteiger partial charge in [0, 0.05) is 22.0 Å². The normalized spacial score (nSPS) is 10.6. The molecule has 0 radical (unpaired) electrons. The Balaban J connectivity index is 2.38. The molecule has 8 heteroatoms. The molecule has 0 aliphatic rings. The molecule has 0 bridgehead atoms. The van der Waals surface area contributed by atoms with Gasteiger partial charge >= 0.3 is 0 Å². The second kappa shape index (κ2) is 6.58. The molecule has 0 spiro atoms.